The van der Waals surface area contributed by atoms with Crippen LogP contribution in [0.5, 0.6) is 0 Å². The molecule has 0 spiro atoms. The van der Waals surface area contributed by atoms with Crippen LogP contribution in [-0.2, 0) is 6.54 Å². The maximum Gasteiger partial charge on any atom is 0.190 e. The van der Waals surface area contributed by atoms with E-state index in [1.54, 1.807) is 18.0 Å². The maximum atomic E-state index is 8.39. The summed E-state index contributed by atoms with van der Waals surface area (Å²) in [7, 11) is 0. The van der Waals surface area contributed by atoms with Gasteiger partial charge < -0.3 is 15.5 Å². The molecule has 0 saturated heterocycles. The average Bonchev–Trinajstić information content (AvgIpc) is 2.60. The zero-order valence-electron chi connectivity index (χ0n) is 6.27. The largest absolute Gasteiger partial charge is 0.409 e. The molecule has 0 atom stereocenters. The van der Waals surface area contributed by atoms with Crippen LogP contribution >= 0.6 is 11.8 Å². The Balaban J connectivity index is 2.37. The Morgan fingerprint density at radius 2 is 2.67 bits per heavy atom. The van der Waals surface area contributed by atoms with Crippen LogP contribution in [0.15, 0.2) is 16.5 Å². The van der Waals surface area contributed by atoms with E-state index in [-0.39, 0.29) is 5.84 Å². The number of thioether (sulfide) groups is 1. The number of hydrogen-bond donors (Lipinski definition) is 2. The summed E-state index contributed by atoms with van der Waals surface area (Å²) < 4.78 is 2.00. The normalized spacial score (nSPS) is 16.5. The van der Waals surface area contributed by atoms with E-state index in [4.69, 9.17) is 10.9 Å². The van der Waals surface area contributed by atoms with Crippen molar-refractivity contribution in [3.63, 3.8) is 0 Å². The third kappa shape index (κ3) is 1.04. The molecule has 0 amide bonds. The molecule has 1 aliphatic rings. The Hall–Kier alpha value is -1.17. The Morgan fingerprint density at radius 1 is 1.83 bits per heavy atom. The van der Waals surface area contributed by atoms with Crippen LogP contribution in [-0.4, -0.2) is 26.3 Å². The molecule has 3 N–H and O–H groups in total. The molecule has 0 bridgehead atoms. The number of hydrogen-bond acceptors (Lipinski definition) is 4. The summed E-state index contributed by atoms with van der Waals surface area (Å²) in [5, 5.41) is 12.2. The van der Waals surface area contributed by atoms with Crippen molar-refractivity contribution < 1.29 is 5.21 Å². The molecule has 0 aromatic carbocycles. The number of fused-ring (bicyclic) bond motifs is 1. The van der Waals surface area contributed by atoms with Gasteiger partial charge in [0.2, 0.25) is 0 Å². The molecule has 2 heterocycles. The molecule has 0 aliphatic carbocycles. The van der Waals surface area contributed by atoms with E-state index in [0.717, 1.165) is 17.5 Å². The molecular formula is C6H8N4OS. The van der Waals surface area contributed by atoms with Gasteiger partial charge in [-0.2, -0.15) is 0 Å². The molecule has 0 radical (unpaired) electrons. The number of rotatable bonds is 1. The second-order valence-corrected chi connectivity index (χ2v) is 3.50. The number of aryl methyl sites for hydroxylation is 1. The third-order valence-electron chi connectivity index (χ3n) is 1.67. The van der Waals surface area contributed by atoms with Gasteiger partial charge in [-0.25, -0.2) is 4.98 Å². The highest BCUT2D eigenvalue weighted by Gasteiger charge is 2.15. The highest BCUT2D eigenvalue weighted by atomic mass is 32.2. The number of imidazole rings is 1. The minimum Gasteiger partial charge on any atom is -0.409 e. The maximum absolute atomic E-state index is 8.39. The Labute approximate surface area is 73.3 Å². The minimum atomic E-state index is 0.0671. The highest BCUT2D eigenvalue weighted by molar-refractivity contribution is 7.99. The standard InChI is InChI=1S/C6H8N4OS/c7-5(9-11)4-3-10-1-2-12-6(10)8-4/h3,11H,1-2H2,(H2,7,9). The van der Waals surface area contributed by atoms with Crippen LogP contribution in [0, 0.1) is 0 Å². The molecule has 0 saturated carbocycles. The van der Waals surface area contributed by atoms with Gasteiger partial charge in [0.05, 0.1) is 0 Å². The van der Waals surface area contributed by atoms with Crippen molar-refractivity contribution >= 4 is 17.6 Å². The lowest BCUT2D eigenvalue weighted by atomic mass is 10.4. The summed E-state index contributed by atoms with van der Waals surface area (Å²) in [6.07, 6.45) is 1.80. The number of amidine groups is 1. The van der Waals surface area contributed by atoms with Crippen molar-refractivity contribution in [1.82, 2.24) is 9.55 Å². The molecule has 5 nitrogen and oxygen atoms in total. The van der Waals surface area contributed by atoms with Crippen LogP contribution in [0.4, 0.5) is 0 Å². The summed E-state index contributed by atoms with van der Waals surface area (Å²) in [5.74, 6) is 1.12. The Bertz CT molecular complexity index is 311. The first-order chi connectivity index (χ1) is 5.81. The van der Waals surface area contributed by atoms with E-state index in [9.17, 15) is 0 Å². The first-order valence-electron chi connectivity index (χ1n) is 3.49. The fraction of sp³-hybridized carbons (Fsp3) is 0.333. The summed E-state index contributed by atoms with van der Waals surface area (Å²) >= 11 is 1.68. The van der Waals surface area contributed by atoms with Gasteiger partial charge in [0.1, 0.15) is 5.69 Å². The van der Waals surface area contributed by atoms with Crippen molar-refractivity contribution in [2.45, 2.75) is 11.7 Å². The van der Waals surface area contributed by atoms with Crippen LogP contribution in [0.3, 0.4) is 0 Å². The third-order valence-corrected chi connectivity index (χ3v) is 2.64. The van der Waals surface area contributed by atoms with Crippen LogP contribution in [0.2, 0.25) is 0 Å². The molecule has 1 aromatic rings. The van der Waals surface area contributed by atoms with Gasteiger partial charge in [0.25, 0.3) is 0 Å². The quantitative estimate of drug-likeness (QED) is 0.280. The van der Waals surface area contributed by atoms with Crippen molar-refractivity contribution in [3.05, 3.63) is 11.9 Å². The minimum absolute atomic E-state index is 0.0671. The summed E-state index contributed by atoms with van der Waals surface area (Å²) in [6.45, 7) is 0.950. The first-order valence-corrected chi connectivity index (χ1v) is 4.47. The van der Waals surface area contributed by atoms with E-state index in [2.05, 4.69) is 10.1 Å². The van der Waals surface area contributed by atoms with Crippen molar-refractivity contribution in [3.8, 4) is 0 Å². The molecule has 6 heteroatoms. The Kier molecular flexibility index (Phi) is 1.69. The molecule has 0 fully saturated rings. The van der Waals surface area contributed by atoms with E-state index >= 15 is 0 Å². The van der Waals surface area contributed by atoms with Crippen molar-refractivity contribution in [2.24, 2.45) is 10.9 Å². The van der Waals surface area contributed by atoms with Crippen LogP contribution in [0.25, 0.3) is 0 Å². The van der Waals surface area contributed by atoms with Crippen LogP contribution in [0.1, 0.15) is 5.69 Å². The van der Waals surface area contributed by atoms with Crippen LogP contribution < -0.4 is 5.73 Å². The van der Waals surface area contributed by atoms with Gasteiger partial charge in [-0.3, -0.25) is 0 Å². The molecule has 1 aliphatic heterocycles. The lowest BCUT2D eigenvalue weighted by molar-refractivity contribution is 0.318. The van der Waals surface area contributed by atoms with E-state index < -0.39 is 0 Å². The molecular weight excluding hydrogens is 176 g/mol. The van der Waals surface area contributed by atoms with E-state index in [1.807, 2.05) is 4.57 Å². The predicted octanol–water partition coefficient (Wildman–Crippen LogP) is 0.0833. The fourth-order valence-corrected chi connectivity index (χ4v) is 2.03. The number of nitrogens with two attached hydrogens (primary N) is 1. The second-order valence-electron chi connectivity index (χ2n) is 2.44. The summed E-state index contributed by atoms with van der Waals surface area (Å²) in [4.78, 5) is 4.17. The van der Waals surface area contributed by atoms with Crippen molar-refractivity contribution in [1.29, 1.82) is 0 Å². The molecule has 64 valence electrons. The fourth-order valence-electron chi connectivity index (χ4n) is 1.08. The van der Waals surface area contributed by atoms with Gasteiger partial charge in [-0.15, -0.1) is 0 Å². The predicted molar refractivity (Wildman–Crippen MR) is 45.5 cm³/mol. The van der Waals surface area contributed by atoms with E-state index in [1.165, 1.54) is 0 Å². The van der Waals surface area contributed by atoms with Gasteiger partial charge in [0, 0.05) is 18.5 Å². The molecule has 1 aromatic heterocycles. The lowest BCUT2D eigenvalue weighted by Crippen LogP contribution is -2.13. The van der Waals surface area contributed by atoms with Gasteiger partial charge in [-0.1, -0.05) is 16.9 Å². The highest BCUT2D eigenvalue weighted by Crippen LogP contribution is 2.24. The second kappa shape index (κ2) is 2.71. The Morgan fingerprint density at radius 3 is 3.33 bits per heavy atom. The molecule has 12 heavy (non-hydrogen) atoms. The summed E-state index contributed by atoms with van der Waals surface area (Å²) in [6, 6.07) is 0. The van der Waals surface area contributed by atoms with E-state index in [0.29, 0.717) is 5.69 Å². The zero-order chi connectivity index (χ0) is 8.55. The monoisotopic (exact) mass is 184 g/mol. The lowest BCUT2D eigenvalue weighted by Gasteiger charge is -1.90. The van der Waals surface area contributed by atoms with Gasteiger partial charge in [0.15, 0.2) is 11.0 Å². The van der Waals surface area contributed by atoms with Gasteiger partial charge >= 0.3 is 0 Å². The molecule has 0 unspecified atom stereocenters. The first kappa shape index (κ1) is 7.48. The number of nitrogens with zero attached hydrogens (tertiary/aromatic N) is 3. The molecule has 2 rings (SSSR count). The smallest absolute Gasteiger partial charge is 0.190 e. The number of aromatic nitrogens is 2. The topological polar surface area (TPSA) is 76.4 Å². The average molecular weight is 184 g/mol. The zero-order valence-corrected chi connectivity index (χ0v) is 7.08. The SMILES string of the molecule is N/C(=N/O)c1cn2c(n1)SCC2. The number of oxime groups is 1. The summed E-state index contributed by atoms with van der Waals surface area (Å²) in [5.41, 5.74) is 5.91. The van der Waals surface area contributed by atoms with Crippen molar-refractivity contribution in [2.75, 3.05) is 5.75 Å². The van der Waals surface area contributed by atoms with Gasteiger partial charge in [-0.05, 0) is 0 Å².